The second-order valence-electron chi connectivity index (χ2n) is 6.65. The summed E-state index contributed by atoms with van der Waals surface area (Å²) in [5, 5.41) is 13.0. The lowest BCUT2D eigenvalue weighted by molar-refractivity contribution is 0.0986. The molecule has 148 valence electrons. The minimum absolute atomic E-state index is 0.0914. The van der Waals surface area contributed by atoms with Gasteiger partial charge in [0.25, 0.3) is 0 Å². The minimum atomic E-state index is -0.0914. The normalized spacial score (nSPS) is 12.2. The van der Waals surface area contributed by atoms with Crippen LogP contribution < -0.4 is 5.84 Å². The van der Waals surface area contributed by atoms with Crippen LogP contribution in [0.3, 0.4) is 0 Å². The summed E-state index contributed by atoms with van der Waals surface area (Å²) in [6, 6.07) is 16.1. The largest absolute Gasteiger partial charge is 0.336 e. The number of thiophene rings is 2. The average molecular weight is 441 g/mol. The number of carbonyl (C=O) groups is 1. The van der Waals surface area contributed by atoms with Crippen molar-refractivity contribution in [2.24, 2.45) is 0 Å². The van der Waals surface area contributed by atoms with Gasteiger partial charge in [0.05, 0.1) is 4.88 Å². The molecular formula is C21H20N4OS3. The van der Waals surface area contributed by atoms with Crippen molar-refractivity contribution in [3.8, 4) is 0 Å². The van der Waals surface area contributed by atoms with E-state index in [1.165, 1.54) is 33.5 Å². The summed E-state index contributed by atoms with van der Waals surface area (Å²) in [6.07, 6.45) is 1.02. The van der Waals surface area contributed by atoms with Crippen LogP contribution in [0.2, 0.25) is 0 Å². The lowest BCUT2D eigenvalue weighted by Crippen LogP contribution is -2.15. The van der Waals surface area contributed by atoms with Gasteiger partial charge in [-0.05, 0) is 35.4 Å². The number of Topliss-reactive ketones (excluding diaryl/α,β-unsaturated/α-hetero) is 1. The summed E-state index contributed by atoms with van der Waals surface area (Å²) >= 11 is 4.62. The fraction of sp³-hybridized carbons (Fsp3) is 0.190. The molecule has 4 aromatic rings. The molecule has 0 aliphatic rings. The van der Waals surface area contributed by atoms with Gasteiger partial charge in [-0.1, -0.05) is 53.7 Å². The van der Waals surface area contributed by atoms with Crippen molar-refractivity contribution in [3.05, 3.63) is 86.0 Å². The van der Waals surface area contributed by atoms with E-state index in [0.29, 0.717) is 23.8 Å². The Hall–Kier alpha value is -2.42. The Kier molecular flexibility index (Phi) is 6.13. The molecular weight excluding hydrogens is 420 g/mol. The van der Waals surface area contributed by atoms with E-state index in [4.69, 9.17) is 5.84 Å². The first kappa shape index (κ1) is 19.9. The van der Waals surface area contributed by atoms with Crippen LogP contribution in [-0.2, 0) is 6.42 Å². The van der Waals surface area contributed by atoms with E-state index in [9.17, 15) is 4.79 Å². The Balaban J connectivity index is 1.57. The van der Waals surface area contributed by atoms with Crippen molar-refractivity contribution in [3.63, 3.8) is 0 Å². The molecule has 0 aliphatic carbocycles. The predicted octanol–water partition coefficient (Wildman–Crippen LogP) is 5.12. The van der Waals surface area contributed by atoms with Crippen LogP contribution in [0.25, 0.3) is 0 Å². The molecule has 0 unspecified atom stereocenters. The van der Waals surface area contributed by atoms with Crippen molar-refractivity contribution in [1.29, 1.82) is 0 Å². The molecule has 8 heteroatoms. The smallest absolute Gasteiger partial charge is 0.210 e. The Morgan fingerprint density at radius 3 is 2.55 bits per heavy atom. The van der Waals surface area contributed by atoms with Gasteiger partial charge in [-0.3, -0.25) is 4.79 Å². The number of rotatable bonds is 8. The number of nitrogens with zero attached hydrogens (tertiary/aromatic N) is 3. The quantitative estimate of drug-likeness (QED) is 0.234. The number of hydrogen-bond acceptors (Lipinski definition) is 7. The van der Waals surface area contributed by atoms with Crippen LogP contribution in [0.5, 0.6) is 0 Å². The maximum absolute atomic E-state index is 12.8. The van der Waals surface area contributed by atoms with Gasteiger partial charge >= 0.3 is 0 Å². The van der Waals surface area contributed by atoms with Gasteiger partial charge in [0.15, 0.2) is 11.6 Å². The van der Waals surface area contributed by atoms with E-state index in [1.54, 1.807) is 16.0 Å². The Morgan fingerprint density at radius 2 is 1.86 bits per heavy atom. The van der Waals surface area contributed by atoms with Crippen LogP contribution in [0.1, 0.15) is 43.2 Å². The van der Waals surface area contributed by atoms with Gasteiger partial charge in [-0.2, -0.15) is 0 Å². The highest BCUT2D eigenvalue weighted by Crippen LogP contribution is 2.38. The molecule has 0 fully saturated rings. The van der Waals surface area contributed by atoms with E-state index < -0.39 is 0 Å². The van der Waals surface area contributed by atoms with Crippen molar-refractivity contribution >= 4 is 40.2 Å². The van der Waals surface area contributed by atoms with E-state index in [2.05, 4.69) is 47.5 Å². The number of hydrogen-bond donors (Lipinski definition) is 1. The Labute approximate surface area is 181 Å². The highest BCUT2D eigenvalue weighted by Gasteiger charge is 2.23. The third kappa shape index (κ3) is 4.77. The lowest BCUT2D eigenvalue weighted by Gasteiger charge is -2.16. The van der Waals surface area contributed by atoms with Crippen molar-refractivity contribution < 1.29 is 4.79 Å². The number of ketones is 1. The number of aryl methyl sites for hydroxylation is 1. The fourth-order valence-electron chi connectivity index (χ4n) is 2.92. The maximum Gasteiger partial charge on any atom is 0.210 e. The number of aromatic nitrogens is 3. The molecule has 1 atom stereocenters. The molecule has 3 aromatic heterocycles. The van der Waals surface area contributed by atoms with Crippen LogP contribution in [0.4, 0.5) is 0 Å². The van der Waals surface area contributed by atoms with E-state index in [1.807, 2.05) is 29.0 Å². The first-order valence-electron chi connectivity index (χ1n) is 9.12. The summed E-state index contributed by atoms with van der Waals surface area (Å²) in [6.45, 7) is 2.05. The standard InChI is InChI=1S/C21H20N4OS3/c1-14-6-8-15(9-7-14)19(13-17(26)18-5-3-11-28-18)29-21-24-23-20(25(21)22)12-16-4-2-10-27-16/h2-11,19H,12-13,22H2,1H3/t19-/m0/s1. The average Bonchev–Trinajstić information content (AvgIpc) is 3.48. The first-order valence-corrected chi connectivity index (χ1v) is 11.8. The summed E-state index contributed by atoms with van der Waals surface area (Å²) in [7, 11) is 0. The molecule has 0 aliphatic heterocycles. The predicted molar refractivity (Wildman–Crippen MR) is 120 cm³/mol. The summed E-state index contributed by atoms with van der Waals surface area (Å²) < 4.78 is 1.54. The van der Waals surface area contributed by atoms with Gasteiger partial charge in [0.1, 0.15) is 0 Å². The molecule has 0 amide bonds. The molecule has 29 heavy (non-hydrogen) atoms. The second-order valence-corrected chi connectivity index (χ2v) is 9.80. The Bertz CT molecular complexity index is 1070. The highest BCUT2D eigenvalue weighted by atomic mass is 32.2. The fourth-order valence-corrected chi connectivity index (χ4v) is 5.39. The van der Waals surface area contributed by atoms with E-state index >= 15 is 0 Å². The minimum Gasteiger partial charge on any atom is -0.336 e. The molecule has 2 N–H and O–H groups in total. The topological polar surface area (TPSA) is 73.8 Å². The number of carbonyl (C=O) groups excluding carboxylic acids is 1. The van der Waals surface area contributed by atoms with Crippen LogP contribution in [0.15, 0.2) is 64.4 Å². The number of benzene rings is 1. The van der Waals surface area contributed by atoms with Gasteiger partial charge in [0.2, 0.25) is 5.16 Å². The molecule has 5 nitrogen and oxygen atoms in total. The lowest BCUT2D eigenvalue weighted by atomic mass is 10.0. The van der Waals surface area contributed by atoms with Crippen LogP contribution in [0, 0.1) is 6.92 Å². The highest BCUT2D eigenvalue weighted by molar-refractivity contribution is 7.99. The van der Waals surface area contributed by atoms with Crippen LogP contribution in [-0.4, -0.2) is 20.7 Å². The maximum atomic E-state index is 12.8. The monoisotopic (exact) mass is 440 g/mol. The molecule has 0 saturated carbocycles. The summed E-state index contributed by atoms with van der Waals surface area (Å²) in [5.74, 6) is 7.12. The van der Waals surface area contributed by atoms with Crippen LogP contribution >= 0.6 is 34.4 Å². The molecule has 0 radical (unpaired) electrons. The van der Waals surface area contributed by atoms with E-state index in [-0.39, 0.29) is 11.0 Å². The molecule has 3 heterocycles. The summed E-state index contributed by atoms with van der Waals surface area (Å²) in [5.41, 5.74) is 2.26. The van der Waals surface area contributed by atoms with Gasteiger partial charge in [0, 0.05) is 23.0 Å². The van der Waals surface area contributed by atoms with Gasteiger partial charge in [-0.25, -0.2) is 4.68 Å². The third-order valence-electron chi connectivity index (χ3n) is 4.51. The molecule has 0 bridgehead atoms. The van der Waals surface area contributed by atoms with Gasteiger partial charge in [-0.15, -0.1) is 32.9 Å². The third-order valence-corrected chi connectivity index (χ3v) is 7.51. The second kappa shape index (κ2) is 8.94. The van der Waals surface area contributed by atoms with Gasteiger partial charge < -0.3 is 5.84 Å². The number of thioether (sulfide) groups is 1. The molecule has 0 spiro atoms. The zero-order chi connectivity index (χ0) is 20.2. The van der Waals surface area contributed by atoms with E-state index in [0.717, 1.165) is 10.4 Å². The zero-order valence-corrected chi connectivity index (χ0v) is 18.3. The SMILES string of the molecule is Cc1ccc([C@H](CC(=O)c2cccs2)Sc2nnc(Cc3cccs3)n2N)cc1. The van der Waals surface area contributed by atoms with Crippen molar-refractivity contribution in [2.45, 2.75) is 30.2 Å². The zero-order valence-electron chi connectivity index (χ0n) is 15.8. The number of nitrogens with two attached hydrogens (primary N) is 1. The first-order chi connectivity index (χ1) is 14.1. The Morgan fingerprint density at radius 1 is 1.10 bits per heavy atom. The molecule has 4 rings (SSSR count). The van der Waals surface area contributed by atoms with Crippen molar-refractivity contribution in [1.82, 2.24) is 14.9 Å². The molecule has 0 saturated heterocycles. The number of nitrogen functional groups attached to an aromatic ring is 1. The summed E-state index contributed by atoms with van der Waals surface area (Å²) in [4.78, 5) is 14.7. The van der Waals surface area contributed by atoms with Crippen molar-refractivity contribution in [2.75, 3.05) is 5.84 Å². The molecule has 1 aromatic carbocycles.